The van der Waals surface area contributed by atoms with Crippen LogP contribution in [0.3, 0.4) is 0 Å². The van der Waals surface area contributed by atoms with Gasteiger partial charge in [0.2, 0.25) is 0 Å². The summed E-state index contributed by atoms with van der Waals surface area (Å²) in [5, 5.41) is 0.524. The maximum Gasteiger partial charge on any atom is 0.339 e. The Morgan fingerprint density at radius 3 is 2.47 bits per heavy atom. The van der Waals surface area contributed by atoms with Gasteiger partial charge in [-0.2, -0.15) is 0 Å². The zero-order valence-electron chi connectivity index (χ0n) is 20.9. The van der Waals surface area contributed by atoms with Crippen molar-refractivity contribution in [1.82, 2.24) is 28.9 Å². The Bertz CT molecular complexity index is 1260. The third-order valence-electron chi connectivity index (χ3n) is 7.23. The van der Waals surface area contributed by atoms with Crippen LogP contribution >= 0.6 is 11.8 Å². The van der Waals surface area contributed by atoms with Gasteiger partial charge >= 0.3 is 11.7 Å². The topological polar surface area (TPSA) is 102 Å². The van der Waals surface area contributed by atoms with Crippen molar-refractivity contribution in [3.05, 3.63) is 46.4 Å². The normalized spacial score (nSPS) is 17.6. The van der Waals surface area contributed by atoms with Gasteiger partial charge in [-0.05, 0) is 50.8 Å². The Hall–Kier alpha value is -2.85. The van der Waals surface area contributed by atoms with Crippen molar-refractivity contribution in [1.29, 1.82) is 0 Å². The molecule has 0 radical (unpaired) electrons. The van der Waals surface area contributed by atoms with Crippen molar-refractivity contribution in [2.24, 2.45) is 0 Å². The van der Waals surface area contributed by atoms with Crippen molar-refractivity contribution in [3.63, 3.8) is 0 Å². The Balaban J connectivity index is 1.47. The molecule has 1 aromatic carbocycles. The molecule has 1 amide bonds. The summed E-state index contributed by atoms with van der Waals surface area (Å²) in [7, 11) is 0. The first-order chi connectivity index (χ1) is 17.6. The summed E-state index contributed by atoms with van der Waals surface area (Å²) >= 11 is 1.50. The first-order valence-corrected chi connectivity index (χ1v) is 14.0. The third-order valence-corrected chi connectivity index (χ3v) is 8.28. The van der Waals surface area contributed by atoms with Crippen LogP contribution in [0.15, 0.2) is 40.3 Å². The smallest absolute Gasteiger partial charge is 0.339 e. The van der Waals surface area contributed by atoms with E-state index in [1.165, 1.54) is 35.6 Å². The zero-order valence-corrected chi connectivity index (χ0v) is 21.8. The molecule has 2 aliphatic rings. The Labute approximate surface area is 215 Å². The second-order valence-electron chi connectivity index (χ2n) is 9.70. The van der Waals surface area contributed by atoms with Crippen molar-refractivity contribution in [2.75, 3.05) is 37.7 Å². The fraction of sp³-hybridized carbons (Fsp3) is 0.538. The molecule has 0 saturated carbocycles. The van der Waals surface area contributed by atoms with Gasteiger partial charge in [-0.3, -0.25) is 4.57 Å². The van der Waals surface area contributed by atoms with Crippen molar-refractivity contribution in [3.8, 4) is 0 Å². The number of amides is 1. The molecule has 192 valence electrons. The number of thioether (sulfide) groups is 1. The average Bonchev–Trinajstić information content (AvgIpc) is 3.19. The van der Waals surface area contributed by atoms with Crippen LogP contribution in [0.5, 0.6) is 0 Å². The highest BCUT2D eigenvalue weighted by atomic mass is 32.2. The first kappa shape index (κ1) is 24.8. The quantitative estimate of drug-likeness (QED) is 0.400. The van der Waals surface area contributed by atoms with Gasteiger partial charge in [-0.25, -0.2) is 24.1 Å². The van der Waals surface area contributed by atoms with E-state index in [2.05, 4.69) is 21.8 Å². The largest absolute Gasteiger partial charge is 0.382 e. The molecule has 0 aliphatic carbocycles. The molecule has 2 aliphatic heterocycles. The van der Waals surface area contributed by atoms with Crippen LogP contribution in [-0.2, 0) is 6.54 Å². The molecule has 0 unspecified atom stereocenters. The van der Waals surface area contributed by atoms with Gasteiger partial charge in [0.1, 0.15) is 5.52 Å². The Kier molecular flexibility index (Phi) is 7.62. The van der Waals surface area contributed by atoms with Crippen molar-refractivity contribution in [2.45, 2.75) is 63.2 Å². The average molecular weight is 510 g/mol. The van der Waals surface area contributed by atoms with Crippen LogP contribution < -0.4 is 11.4 Å². The maximum absolute atomic E-state index is 13.7. The lowest BCUT2D eigenvalue weighted by atomic mass is 10.0. The van der Waals surface area contributed by atoms with Crippen molar-refractivity contribution >= 4 is 34.8 Å². The van der Waals surface area contributed by atoms with E-state index in [1.807, 2.05) is 30.3 Å². The molecule has 0 spiro atoms. The number of aromatic nitrogens is 4. The van der Waals surface area contributed by atoms with E-state index in [0.29, 0.717) is 42.0 Å². The minimum Gasteiger partial charge on any atom is -0.382 e. The molecule has 2 fully saturated rings. The predicted molar refractivity (Wildman–Crippen MR) is 144 cm³/mol. The fourth-order valence-corrected chi connectivity index (χ4v) is 6.04. The number of carbonyl (C=O) groups is 1. The van der Waals surface area contributed by atoms with Gasteiger partial charge in [0, 0.05) is 24.9 Å². The number of hydrogen-bond donors (Lipinski definition) is 1. The summed E-state index contributed by atoms with van der Waals surface area (Å²) in [6.45, 7) is 5.95. The SMILES string of the molecule is CCCSc1nc(N)c2c(n1)n(Cc1ccccc1)c(=O)n2C(=O)N1CCC(N2CCCCC2)CC1. The second kappa shape index (κ2) is 11.0. The minimum absolute atomic E-state index is 0.166. The summed E-state index contributed by atoms with van der Waals surface area (Å²) in [5.74, 6) is 1.01. The Morgan fingerprint density at radius 2 is 1.78 bits per heavy atom. The van der Waals surface area contributed by atoms with Crippen LogP contribution in [-0.4, -0.2) is 72.9 Å². The molecule has 36 heavy (non-hydrogen) atoms. The number of fused-ring (bicyclic) bond motifs is 1. The molecule has 5 rings (SSSR count). The van der Waals surface area contributed by atoms with Crippen LogP contribution in [0, 0.1) is 0 Å². The van der Waals surface area contributed by atoms with Gasteiger partial charge in [0.05, 0.1) is 6.54 Å². The van der Waals surface area contributed by atoms with E-state index in [0.717, 1.165) is 43.7 Å². The lowest BCUT2D eigenvalue weighted by molar-refractivity contribution is 0.102. The predicted octanol–water partition coefficient (Wildman–Crippen LogP) is 3.64. The van der Waals surface area contributed by atoms with E-state index in [-0.39, 0.29) is 11.8 Å². The van der Waals surface area contributed by atoms with Crippen LogP contribution in [0.25, 0.3) is 11.2 Å². The Morgan fingerprint density at radius 1 is 1.06 bits per heavy atom. The van der Waals surface area contributed by atoms with Gasteiger partial charge in [0.25, 0.3) is 0 Å². The highest BCUT2D eigenvalue weighted by Gasteiger charge is 2.31. The summed E-state index contributed by atoms with van der Waals surface area (Å²) in [4.78, 5) is 40.9. The first-order valence-electron chi connectivity index (χ1n) is 13.1. The monoisotopic (exact) mass is 509 g/mol. The summed E-state index contributed by atoms with van der Waals surface area (Å²) in [6.07, 6.45) is 6.64. The van der Waals surface area contributed by atoms with Crippen LogP contribution in [0.2, 0.25) is 0 Å². The lowest BCUT2D eigenvalue weighted by Crippen LogP contribution is -2.50. The molecule has 2 N–H and O–H groups in total. The second-order valence-corrected chi connectivity index (χ2v) is 10.8. The molecule has 10 heteroatoms. The maximum atomic E-state index is 13.7. The summed E-state index contributed by atoms with van der Waals surface area (Å²) in [5.41, 5.74) is 7.62. The van der Waals surface area contributed by atoms with Gasteiger partial charge in [-0.15, -0.1) is 0 Å². The minimum atomic E-state index is -0.421. The molecule has 9 nitrogen and oxygen atoms in total. The number of piperidine rings is 2. The van der Waals surface area contributed by atoms with Crippen molar-refractivity contribution < 1.29 is 4.79 Å². The van der Waals surface area contributed by atoms with E-state index in [1.54, 1.807) is 9.47 Å². The number of carbonyl (C=O) groups excluding carboxylic acids is 1. The van der Waals surface area contributed by atoms with E-state index in [4.69, 9.17) is 5.73 Å². The molecule has 0 bridgehead atoms. The highest BCUT2D eigenvalue weighted by molar-refractivity contribution is 7.99. The number of hydrogen-bond acceptors (Lipinski definition) is 7. The fourth-order valence-electron chi connectivity index (χ4n) is 5.34. The van der Waals surface area contributed by atoms with E-state index < -0.39 is 5.69 Å². The van der Waals surface area contributed by atoms with Crippen LogP contribution in [0.1, 0.15) is 51.0 Å². The molecule has 2 saturated heterocycles. The molecular weight excluding hydrogens is 474 g/mol. The van der Waals surface area contributed by atoms with E-state index in [9.17, 15) is 9.59 Å². The van der Waals surface area contributed by atoms with Gasteiger partial charge in [0.15, 0.2) is 16.6 Å². The zero-order chi connectivity index (χ0) is 25.1. The standard InChI is InChI=1S/C26H35N7O2S/c1-2-17-36-24-28-22(27)21-23(29-24)32(18-19-9-5-3-6-10-19)26(35)33(21)25(34)31-15-11-20(12-16-31)30-13-7-4-8-14-30/h3,5-6,9-10,20H,2,4,7-8,11-18H2,1H3,(H2,27,28,29). The number of nitrogen functional groups attached to an aromatic ring is 1. The molecule has 4 heterocycles. The number of anilines is 1. The highest BCUT2D eigenvalue weighted by Crippen LogP contribution is 2.25. The molecule has 2 aromatic heterocycles. The number of imidazole rings is 1. The van der Waals surface area contributed by atoms with Gasteiger partial charge < -0.3 is 15.5 Å². The summed E-state index contributed by atoms with van der Waals surface area (Å²) in [6, 6.07) is 9.90. The van der Waals surface area contributed by atoms with E-state index >= 15 is 0 Å². The lowest BCUT2D eigenvalue weighted by Gasteiger charge is -2.40. The number of likely N-dealkylation sites (tertiary alicyclic amines) is 2. The van der Waals surface area contributed by atoms with Gasteiger partial charge in [-0.1, -0.05) is 55.4 Å². The number of benzene rings is 1. The summed E-state index contributed by atoms with van der Waals surface area (Å²) < 4.78 is 2.75. The number of nitrogens with zero attached hydrogens (tertiary/aromatic N) is 6. The third kappa shape index (κ3) is 5.01. The van der Waals surface area contributed by atoms with Crippen LogP contribution in [0.4, 0.5) is 10.6 Å². The molecule has 3 aromatic rings. The molecular formula is C26H35N7O2S. The molecule has 0 atom stereocenters. The number of nitrogens with two attached hydrogens (primary N) is 1. The number of rotatable bonds is 6.